The minimum atomic E-state index is -3.46. The lowest BCUT2D eigenvalue weighted by Crippen LogP contribution is -2.10. The van der Waals surface area contributed by atoms with Crippen LogP contribution in [0, 0.1) is 0 Å². The van der Waals surface area contributed by atoms with Gasteiger partial charge >= 0.3 is 7.29 Å². The van der Waals surface area contributed by atoms with Crippen molar-refractivity contribution in [2.75, 3.05) is 0 Å². The lowest BCUT2D eigenvalue weighted by molar-refractivity contribution is 0.507. The van der Waals surface area contributed by atoms with E-state index in [4.69, 9.17) is 4.18 Å². The molecule has 0 amide bonds. The molecule has 0 aliphatic heterocycles. The van der Waals surface area contributed by atoms with Gasteiger partial charge in [-0.25, -0.2) is 0 Å². The highest BCUT2D eigenvalue weighted by Crippen LogP contribution is 2.25. The molecule has 1 rings (SSSR count). The molecule has 0 atom stereocenters. The first kappa shape index (κ1) is 12.8. The highest BCUT2D eigenvalue weighted by atomic mass is 127. The molecule has 1 aromatic carbocycles. The van der Waals surface area contributed by atoms with Gasteiger partial charge in [-0.2, -0.15) is 8.42 Å². The van der Waals surface area contributed by atoms with Gasteiger partial charge in [0.25, 0.3) is 0 Å². The summed E-state index contributed by atoms with van der Waals surface area (Å²) < 4.78 is 26.4. The van der Waals surface area contributed by atoms with Gasteiger partial charge < -0.3 is 4.18 Å². The van der Waals surface area contributed by atoms with Crippen molar-refractivity contribution in [3.63, 3.8) is 0 Å². The van der Waals surface area contributed by atoms with Crippen LogP contribution in [-0.2, 0) is 12.7 Å². The maximum atomic E-state index is 10.8. The summed E-state index contributed by atoms with van der Waals surface area (Å²) in [6.45, 7) is 6.29. The number of hydrogen-bond acceptors (Lipinski definition) is 3. The Kier molecular flexibility index (Phi) is 3.65. The van der Waals surface area contributed by atoms with Crippen molar-refractivity contribution >= 4 is 28.5 Å². The highest BCUT2D eigenvalue weighted by molar-refractivity contribution is 14.2. The van der Waals surface area contributed by atoms with Gasteiger partial charge in [0, 0.05) is 0 Å². The van der Waals surface area contributed by atoms with E-state index in [1.54, 1.807) is 12.1 Å². The van der Waals surface area contributed by atoms with E-state index in [9.17, 15) is 8.42 Å². The van der Waals surface area contributed by atoms with Crippen LogP contribution in [-0.4, -0.2) is 8.42 Å². The van der Waals surface area contributed by atoms with Gasteiger partial charge in [-0.15, -0.1) is 0 Å². The van der Waals surface area contributed by atoms with Crippen molar-refractivity contribution in [3.8, 4) is 5.75 Å². The number of rotatable bonds is 2. The summed E-state index contributed by atoms with van der Waals surface area (Å²) in [5, 5.41) is 0. The summed E-state index contributed by atoms with van der Waals surface area (Å²) in [4.78, 5) is 0. The van der Waals surface area contributed by atoms with Crippen LogP contribution in [0.15, 0.2) is 24.3 Å². The first-order valence-electron chi connectivity index (χ1n) is 4.43. The van der Waals surface area contributed by atoms with Crippen molar-refractivity contribution in [1.29, 1.82) is 0 Å². The van der Waals surface area contributed by atoms with E-state index < -0.39 is 7.29 Å². The molecule has 0 fully saturated rings. The second kappa shape index (κ2) is 4.29. The molecule has 0 saturated carbocycles. The van der Waals surface area contributed by atoms with E-state index in [0.29, 0.717) is 5.75 Å². The SMILES string of the molecule is CC(C)(C)c1ccc(OS(=O)(=O)I)cc1. The van der Waals surface area contributed by atoms with E-state index in [0.717, 1.165) is 5.56 Å². The molecule has 0 saturated heterocycles. The Hall–Kier alpha value is -0.300. The Morgan fingerprint density at radius 1 is 1.13 bits per heavy atom. The zero-order valence-corrected chi connectivity index (χ0v) is 11.8. The molecule has 15 heavy (non-hydrogen) atoms. The monoisotopic (exact) mass is 340 g/mol. The van der Waals surface area contributed by atoms with Gasteiger partial charge in [0.2, 0.25) is 0 Å². The number of hydrogen-bond donors (Lipinski definition) is 0. The van der Waals surface area contributed by atoms with Crippen LogP contribution in [0.4, 0.5) is 0 Å². The fourth-order valence-corrected chi connectivity index (χ4v) is 2.09. The first-order valence-corrected chi connectivity index (χ1v) is 8.38. The summed E-state index contributed by atoms with van der Waals surface area (Å²) in [7, 11) is -3.46. The van der Waals surface area contributed by atoms with E-state index in [1.165, 1.54) is 21.2 Å². The van der Waals surface area contributed by atoms with Crippen LogP contribution in [0.25, 0.3) is 0 Å². The predicted octanol–water partition coefficient (Wildman–Crippen LogP) is 3.04. The molecular formula is C10H13IO3S. The molecule has 3 nitrogen and oxygen atoms in total. The summed E-state index contributed by atoms with van der Waals surface area (Å²) >= 11 is 1.25. The zero-order chi connectivity index (χ0) is 11.7. The van der Waals surface area contributed by atoms with Crippen molar-refractivity contribution in [2.24, 2.45) is 0 Å². The number of halogens is 1. The Balaban J connectivity index is 2.91. The largest absolute Gasteiger partial charge is 0.375 e. The fourth-order valence-electron chi connectivity index (χ4n) is 1.13. The highest BCUT2D eigenvalue weighted by Gasteiger charge is 2.14. The van der Waals surface area contributed by atoms with Crippen LogP contribution < -0.4 is 4.18 Å². The van der Waals surface area contributed by atoms with E-state index >= 15 is 0 Å². The fraction of sp³-hybridized carbons (Fsp3) is 0.400. The summed E-state index contributed by atoms with van der Waals surface area (Å²) in [6, 6.07) is 7.07. The summed E-state index contributed by atoms with van der Waals surface area (Å²) in [5.41, 5.74) is 1.20. The van der Waals surface area contributed by atoms with Crippen LogP contribution in [0.2, 0.25) is 0 Å². The van der Waals surface area contributed by atoms with Crippen LogP contribution >= 0.6 is 21.2 Å². The topological polar surface area (TPSA) is 43.4 Å². The summed E-state index contributed by atoms with van der Waals surface area (Å²) in [6.07, 6.45) is 0. The molecule has 0 N–H and O–H groups in total. The molecule has 0 radical (unpaired) electrons. The van der Waals surface area contributed by atoms with Crippen molar-refractivity contribution in [3.05, 3.63) is 29.8 Å². The van der Waals surface area contributed by atoms with Gasteiger partial charge in [-0.3, -0.25) is 0 Å². The van der Waals surface area contributed by atoms with Gasteiger partial charge in [-0.05, 0) is 23.1 Å². The minimum absolute atomic E-state index is 0.0573. The average molecular weight is 340 g/mol. The second-order valence-electron chi connectivity index (χ2n) is 4.25. The lowest BCUT2D eigenvalue weighted by Gasteiger charge is -2.18. The van der Waals surface area contributed by atoms with Gasteiger partial charge in [0.05, 0.1) is 0 Å². The standard InChI is InChI=1S/C10H13IO3S/c1-10(2,3)8-4-6-9(7-5-8)14-15(11,12)13/h4-7H,1-3H3. The molecule has 0 spiro atoms. The zero-order valence-electron chi connectivity index (χ0n) is 8.82. The lowest BCUT2D eigenvalue weighted by atomic mass is 9.87. The molecule has 84 valence electrons. The van der Waals surface area contributed by atoms with Crippen LogP contribution in [0.5, 0.6) is 5.75 Å². The minimum Gasteiger partial charge on any atom is -0.375 e. The molecular weight excluding hydrogens is 327 g/mol. The average Bonchev–Trinajstić information content (AvgIpc) is 2.00. The summed E-state index contributed by atoms with van der Waals surface area (Å²) in [5.74, 6) is 0.345. The van der Waals surface area contributed by atoms with E-state index in [1.807, 2.05) is 12.1 Å². The molecule has 0 heterocycles. The third-order valence-electron chi connectivity index (χ3n) is 1.92. The Morgan fingerprint density at radius 2 is 1.60 bits per heavy atom. The maximum Gasteiger partial charge on any atom is 0.364 e. The van der Waals surface area contributed by atoms with Crippen molar-refractivity contribution in [2.45, 2.75) is 26.2 Å². The third kappa shape index (κ3) is 4.38. The van der Waals surface area contributed by atoms with Crippen LogP contribution in [0.1, 0.15) is 26.3 Å². The Morgan fingerprint density at radius 3 is 1.93 bits per heavy atom. The molecule has 1 aromatic rings. The number of benzene rings is 1. The molecule has 5 heteroatoms. The third-order valence-corrected chi connectivity index (χ3v) is 2.85. The van der Waals surface area contributed by atoms with Gasteiger partial charge in [-0.1, -0.05) is 32.9 Å². The molecule has 0 aliphatic rings. The van der Waals surface area contributed by atoms with Crippen molar-refractivity contribution < 1.29 is 12.6 Å². The predicted molar refractivity (Wildman–Crippen MR) is 68.7 cm³/mol. The first-order chi connectivity index (χ1) is 6.68. The molecule has 0 aromatic heterocycles. The van der Waals surface area contributed by atoms with E-state index in [2.05, 4.69) is 20.8 Å². The Bertz CT molecular complexity index is 429. The van der Waals surface area contributed by atoms with Crippen LogP contribution in [0.3, 0.4) is 0 Å². The van der Waals surface area contributed by atoms with Gasteiger partial charge in [0.15, 0.2) is 0 Å². The maximum absolute atomic E-state index is 10.8. The smallest absolute Gasteiger partial charge is 0.364 e. The Labute approximate surface area is 103 Å². The normalized spacial score (nSPS) is 12.5. The van der Waals surface area contributed by atoms with Crippen molar-refractivity contribution in [1.82, 2.24) is 0 Å². The molecule has 0 unspecified atom stereocenters. The van der Waals surface area contributed by atoms with Gasteiger partial charge in [0.1, 0.15) is 27.0 Å². The quantitative estimate of drug-likeness (QED) is 0.614. The second-order valence-corrected chi connectivity index (χ2v) is 8.44. The molecule has 0 aliphatic carbocycles. The van der Waals surface area contributed by atoms with E-state index in [-0.39, 0.29) is 5.41 Å². The molecule has 0 bridgehead atoms.